The predicted molar refractivity (Wildman–Crippen MR) is 98.8 cm³/mol. The zero-order valence-corrected chi connectivity index (χ0v) is 14.9. The molecule has 26 heavy (non-hydrogen) atoms. The van der Waals surface area contributed by atoms with Crippen LogP contribution in [0.2, 0.25) is 0 Å². The van der Waals surface area contributed by atoms with Gasteiger partial charge in [-0.25, -0.2) is 0 Å². The molecule has 0 spiro atoms. The molecule has 0 aliphatic carbocycles. The Kier molecular flexibility index (Phi) is 5.41. The summed E-state index contributed by atoms with van der Waals surface area (Å²) < 4.78 is 10.5. The van der Waals surface area contributed by atoms with Gasteiger partial charge in [0.25, 0.3) is 11.8 Å². The number of rotatable bonds is 6. The van der Waals surface area contributed by atoms with Crippen molar-refractivity contribution in [3.63, 3.8) is 0 Å². The van der Waals surface area contributed by atoms with Crippen molar-refractivity contribution in [1.29, 1.82) is 0 Å². The van der Waals surface area contributed by atoms with Crippen LogP contribution in [0.1, 0.15) is 29.3 Å². The Morgan fingerprint density at radius 3 is 2.77 bits per heavy atom. The summed E-state index contributed by atoms with van der Waals surface area (Å²) in [6.45, 7) is 1.95. The van der Waals surface area contributed by atoms with Crippen molar-refractivity contribution in [3.8, 4) is 11.5 Å². The highest BCUT2D eigenvalue weighted by Gasteiger charge is 2.18. The fourth-order valence-corrected chi connectivity index (χ4v) is 2.77. The minimum atomic E-state index is -0.193. The molecule has 6 nitrogen and oxygen atoms in total. The van der Waals surface area contributed by atoms with E-state index in [1.165, 1.54) is 5.56 Å². The molecule has 0 saturated carbocycles. The molecule has 1 unspecified atom stereocenters. The van der Waals surface area contributed by atoms with Crippen LogP contribution in [0.4, 0.5) is 5.69 Å². The van der Waals surface area contributed by atoms with E-state index in [1.54, 1.807) is 25.3 Å². The number of anilines is 1. The number of aryl methyl sites for hydroxylation is 1. The quantitative estimate of drug-likeness (QED) is 0.836. The summed E-state index contributed by atoms with van der Waals surface area (Å²) in [5.74, 6) is 1.00. The third-order valence-electron chi connectivity index (χ3n) is 4.28. The number of methoxy groups -OCH3 is 1. The zero-order valence-electron chi connectivity index (χ0n) is 14.9. The number of benzene rings is 2. The summed E-state index contributed by atoms with van der Waals surface area (Å²) in [5, 5.41) is 5.71. The fourth-order valence-electron chi connectivity index (χ4n) is 2.77. The molecule has 2 aromatic carbocycles. The molecule has 1 aliphatic rings. The average Bonchev–Trinajstić information content (AvgIpc) is 2.66. The van der Waals surface area contributed by atoms with E-state index in [-0.39, 0.29) is 24.5 Å². The number of carbonyl (C=O) groups excluding carboxylic acids is 2. The Labute approximate surface area is 152 Å². The molecule has 1 atom stereocenters. The van der Waals surface area contributed by atoms with Crippen LogP contribution >= 0.6 is 0 Å². The lowest BCUT2D eigenvalue weighted by Gasteiger charge is -2.19. The first-order chi connectivity index (χ1) is 12.5. The average molecular weight is 354 g/mol. The molecule has 2 aromatic rings. The SMILES string of the molecule is COc1ccc(CCC(C)NC(=O)c2ccc3c(c2)OCC(=O)N3)cc1. The van der Waals surface area contributed by atoms with Gasteiger partial charge in [-0.1, -0.05) is 12.1 Å². The van der Waals surface area contributed by atoms with Crippen LogP contribution in [0.3, 0.4) is 0 Å². The highest BCUT2D eigenvalue weighted by atomic mass is 16.5. The van der Waals surface area contributed by atoms with Gasteiger partial charge >= 0.3 is 0 Å². The molecule has 0 bridgehead atoms. The first-order valence-corrected chi connectivity index (χ1v) is 8.55. The summed E-state index contributed by atoms with van der Waals surface area (Å²) in [4.78, 5) is 23.7. The zero-order chi connectivity index (χ0) is 18.5. The highest BCUT2D eigenvalue weighted by Crippen LogP contribution is 2.28. The smallest absolute Gasteiger partial charge is 0.262 e. The Balaban J connectivity index is 1.54. The second-order valence-corrected chi connectivity index (χ2v) is 6.31. The molecular formula is C20H22N2O4. The van der Waals surface area contributed by atoms with Crippen molar-refractivity contribution in [1.82, 2.24) is 5.32 Å². The summed E-state index contributed by atoms with van der Waals surface area (Å²) >= 11 is 0. The lowest BCUT2D eigenvalue weighted by atomic mass is 10.1. The van der Waals surface area contributed by atoms with E-state index in [9.17, 15) is 9.59 Å². The van der Waals surface area contributed by atoms with Gasteiger partial charge in [-0.3, -0.25) is 9.59 Å². The maximum absolute atomic E-state index is 12.4. The van der Waals surface area contributed by atoms with Gasteiger partial charge < -0.3 is 20.1 Å². The van der Waals surface area contributed by atoms with Crippen molar-refractivity contribution >= 4 is 17.5 Å². The number of fused-ring (bicyclic) bond motifs is 1. The number of hydrogen-bond acceptors (Lipinski definition) is 4. The van der Waals surface area contributed by atoms with E-state index in [2.05, 4.69) is 10.6 Å². The number of hydrogen-bond donors (Lipinski definition) is 2. The van der Waals surface area contributed by atoms with Crippen LogP contribution in [-0.4, -0.2) is 31.6 Å². The van der Waals surface area contributed by atoms with E-state index in [0.717, 1.165) is 18.6 Å². The predicted octanol–water partition coefficient (Wildman–Crippen LogP) is 2.78. The van der Waals surface area contributed by atoms with Crippen LogP contribution in [0.5, 0.6) is 11.5 Å². The molecule has 1 aliphatic heterocycles. The standard InChI is InChI=1S/C20H22N2O4/c1-13(3-4-14-5-8-16(25-2)9-6-14)21-20(24)15-7-10-17-18(11-15)26-12-19(23)22-17/h5-11,13H,3-4,12H2,1-2H3,(H,21,24)(H,22,23). The Bertz CT molecular complexity index is 802. The molecule has 0 saturated heterocycles. The van der Waals surface area contributed by atoms with Crippen molar-refractivity contribution in [3.05, 3.63) is 53.6 Å². The number of amides is 2. The van der Waals surface area contributed by atoms with Crippen molar-refractivity contribution in [2.45, 2.75) is 25.8 Å². The molecule has 0 fully saturated rings. The first kappa shape index (κ1) is 17.8. The largest absolute Gasteiger partial charge is 0.497 e. The molecule has 6 heteroatoms. The molecular weight excluding hydrogens is 332 g/mol. The molecule has 1 heterocycles. The Hall–Kier alpha value is -3.02. The van der Waals surface area contributed by atoms with Crippen LogP contribution < -0.4 is 20.1 Å². The van der Waals surface area contributed by atoms with Gasteiger partial charge in [-0.2, -0.15) is 0 Å². The summed E-state index contributed by atoms with van der Waals surface area (Å²) in [7, 11) is 1.65. The first-order valence-electron chi connectivity index (χ1n) is 8.55. The lowest BCUT2D eigenvalue weighted by Crippen LogP contribution is -2.33. The molecule has 136 valence electrons. The summed E-state index contributed by atoms with van der Waals surface area (Å²) in [6, 6.07) is 13.0. The lowest BCUT2D eigenvalue weighted by molar-refractivity contribution is -0.118. The third kappa shape index (κ3) is 4.33. The van der Waals surface area contributed by atoms with Gasteiger partial charge in [0.1, 0.15) is 11.5 Å². The van der Waals surface area contributed by atoms with Crippen LogP contribution in [0, 0.1) is 0 Å². The van der Waals surface area contributed by atoms with E-state index in [0.29, 0.717) is 17.0 Å². The minimum Gasteiger partial charge on any atom is -0.497 e. The van der Waals surface area contributed by atoms with E-state index >= 15 is 0 Å². The Morgan fingerprint density at radius 1 is 1.27 bits per heavy atom. The van der Waals surface area contributed by atoms with Gasteiger partial charge in [-0.15, -0.1) is 0 Å². The van der Waals surface area contributed by atoms with E-state index < -0.39 is 0 Å². The molecule has 3 rings (SSSR count). The maximum atomic E-state index is 12.4. The maximum Gasteiger partial charge on any atom is 0.262 e. The number of ether oxygens (including phenoxy) is 2. The van der Waals surface area contributed by atoms with Crippen LogP contribution in [0.25, 0.3) is 0 Å². The van der Waals surface area contributed by atoms with Gasteiger partial charge in [0.05, 0.1) is 12.8 Å². The second kappa shape index (κ2) is 7.91. The summed E-state index contributed by atoms with van der Waals surface area (Å²) in [5.41, 5.74) is 2.30. The molecule has 2 N–H and O–H groups in total. The van der Waals surface area contributed by atoms with Gasteiger partial charge in [0.15, 0.2) is 6.61 Å². The fraction of sp³-hybridized carbons (Fsp3) is 0.300. The van der Waals surface area contributed by atoms with Gasteiger partial charge in [-0.05, 0) is 55.7 Å². The van der Waals surface area contributed by atoms with Crippen LogP contribution in [-0.2, 0) is 11.2 Å². The highest BCUT2D eigenvalue weighted by molar-refractivity contribution is 5.99. The molecule has 0 radical (unpaired) electrons. The number of carbonyl (C=O) groups is 2. The van der Waals surface area contributed by atoms with E-state index in [1.807, 2.05) is 31.2 Å². The molecule has 2 amide bonds. The normalized spacial score (nSPS) is 13.8. The van der Waals surface area contributed by atoms with Crippen molar-refractivity contribution in [2.24, 2.45) is 0 Å². The second-order valence-electron chi connectivity index (χ2n) is 6.31. The van der Waals surface area contributed by atoms with Crippen molar-refractivity contribution < 1.29 is 19.1 Å². The Morgan fingerprint density at radius 2 is 2.04 bits per heavy atom. The number of nitrogens with one attached hydrogen (secondary N) is 2. The molecule has 0 aromatic heterocycles. The topological polar surface area (TPSA) is 76.7 Å². The summed E-state index contributed by atoms with van der Waals surface area (Å²) in [6.07, 6.45) is 1.69. The monoisotopic (exact) mass is 354 g/mol. The van der Waals surface area contributed by atoms with E-state index in [4.69, 9.17) is 9.47 Å². The van der Waals surface area contributed by atoms with Gasteiger partial charge in [0, 0.05) is 11.6 Å². The van der Waals surface area contributed by atoms with Gasteiger partial charge in [0.2, 0.25) is 0 Å². The minimum absolute atomic E-state index is 0.0289. The van der Waals surface area contributed by atoms with Crippen LogP contribution in [0.15, 0.2) is 42.5 Å². The van der Waals surface area contributed by atoms with Crippen molar-refractivity contribution in [2.75, 3.05) is 19.0 Å². The third-order valence-corrected chi connectivity index (χ3v) is 4.28.